The van der Waals surface area contributed by atoms with Crippen molar-refractivity contribution in [3.63, 3.8) is 0 Å². The van der Waals surface area contributed by atoms with Gasteiger partial charge in [-0.3, -0.25) is 4.79 Å². The Morgan fingerprint density at radius 3 is 2.21 bits per heavy atom. The number of carbonyl (C=O) groups excluding carboxylic acids is 1. The summed E-state index contributed by atoms with van der Waals surface area (Å²) >= 11 is 0. The highest BCUT2D eigenvalue weighted by Crippen LogP contribution is 2.23. The van der Waals surface area contributed by atoms with Gasteiger partial charge in [-0.05, 0) is 74.8 Å². The lowest BCUT2D eigenvalue weighted by Crippen LogP contribution is -2.31. The van der Waals surface area contributed by atoms with Crippen LogP contribution in [0, 0.1) is 27.7 Å². The van der Waals surface area contributed by atoms with E-state index in [1.54, 1.807) is 0 Å². The second-order valence-electron chi connectivity index (χ2n) is 5.26. The Morgan fingerprint density at radius 2 is 1.74 bits per heavy atom. The summed E-state index contributed by atoms with van der Waals surface area (Å²) in [5.41, 5.74) is 12.5. The molecule has 3 heteroatoms. The molecule has 1 aromatic rings. The molecule has 0 spiro atoms. The van der Waals surface area contributed by atoms with Gasteiger partial charge in [-0.2, -0.15) is 0 Å². The quantitative estimate of drug-likeness (QED) is 0.831. The highest BCUT2D eigenvalue weighted by atomic mass is 16.5. The Kier molecular flexibility index (Phi) is 5.55. The first-order valence-corrected chi connectivity index (χ1v) is 6.78. The lowest BCUT2D eigenvalue weighted by Gasteiger charge is -2.16. The number of benzene rings is 1. The molecule has 0 aliphatic carbocycles. The molecule has 0 bridgehead atoms. The number of hydrogen-bond acceptors (Lipinski definition) is 3. The van der Waals surface area contributed by atoms with E-state index in [0.717, 1.165) is 12.8 Å². The van der Waals surface area contributed by atoms with E-state index < -0.39 is 6.04 Å². The highest BCUT2D eigenvalue weighted by molar-refractivity contribution is 5.75. The van der Waals surface area contributed by atoms with Crippen LogP contribution in [-0.4, -0.2) is 19.1 Å². The average Bonchev–Trinajstić information content (AvgIpc) is 2.39. The fourth-order valence-electron chi connectivity index (χ4n) is 2.44. The molecule has 19 heavy (non-hydrogen) atoms. The van der Waals surface area contributed by atoms with Crippen molar-refractivity contribution in [1.29, 1.82) is 0 Å². The lowest BCUT2D eigenvalue weighted by atomic mass is 9.91. The third-order valence-corrected chi connectivity index (χ3v) is 3.97. The van der Waals surface area contributed by atoms with Gasteiger partial charge in [-0.15, -0.1) is 0 Å². The Hall–Kier alpha value is -1.35. The van der Waals surface area contributed by atoms with E-state index in [1.807, 2.05) is 0 Å². The van der Waals surface area contributed by atoms with Crippen molar-refractivity contribution >= 4 is 5.97 Å². The van der Waals surface area contributed by atoms with Crippen LogP contribution in [0.15, 0.2) is 6.07 Å². The van der Waals surface area contributed by atoms with Crippen LogP contribution in [0.5, 0.6) is 0 Å². The van der Waals surface area contributed by atoms with E-state index >= 15 is 0 Å². The Morgan fingerprint density at radius 1 is 1.21 bits per heavy atom. The molecule has 2 N–H and O–H groups in total. The van der Waals surface area contributed by atoms with Crippen LogP contribution in [0.3, 0.4) is 0 Å². The second-order valence-corrected chi connectivity index (χ2v) is 5.26. The summed E-state index contributed by atoms with van der Waals surface area (Å²) in [5, 5.41) is 0. The molecule has 0 aromatic heterocycles. The summed E-state index contributed by atoms with van der Waals surface area (Å²) in [6.45, 7) is 8.62. The fourth-order valence-corrected chi connectivity index (χ4v) is 2.44. The molecule has 0 aliphatic heterocycles. The van der Waals surface area contributed by atoms with Gasteiger partial charge in [0.05, 0.1) is 7.11 Å². The Bertz CT molecular complexity index is 440. The van der Waals surface area contributed by atoms with E-state index in [4.69, 9.17) is 5.73 Å². The van der Waals surface area contributed by atoms with Gasteiger partial charge in [0.1, 0.15) is 6.04 Å². The minimum atomic E-state index is -0.503. The molecular weight excluding hydrogens is 238 g/mol. The van der Waals surface area contributed by atoms with E-state index in [2.05, 4.69) is 38.5 Å². The largest absolute Gasteiger partial charge is 0.468 e. The predicted molar refractivity (Wildman–Crippen MR) is 78.3 cm³/mol. The van der Waals surface area contributed by atoms with Gasteiger partial charge in [0.2, 0.25) is 0 Å². The van der Waals surface area contributed by atoms with Gasteiger partial charge in [0, 0.05) is 0 Å². The number of hydrogen-bond donors (Lipinski definition) is 1. The standard InChI is InChI=1S/C16H25NO2/c1-10-9-11(2)13(4)14(12(10)3)7-6-8-15(17)16(18)19-5/h9,15H,6-8,17H2,1-5H3. The first-order chi connectivity index (χ1) is 8.88. The van der Waals surface area contributed by atoms with Crippen molar-refractivity contribution in [2.24, 2.45) is 5.73 Å². The number of nitrogens with two attached hydrogens (primary N) is 1. The summed E-state index contributed by atoms with van der Waals surface area (Å²) in [6, 6.07) is 1.73. The molecule has 0 aliphatic rings. The number of rotatable bonds is 5. The first kappa shape index (κ1) is 15.7. The van der Waals surface area contributed by atoms with Crippen molar-refractivity contribution in [2.75, 3.05) is 7.11 Å². The summed E-state index contributed by atoms with van der Waals surface area (Å²) in [6.07, 6.45) is 2.53. The molecule has 3 nitrogen and oxygen atoms in total. The molecule has 0 fully saturated rings. The zero-order valence-electron chi connectivity index (χ0n) is 12.7. The van der Waals surface area contributed by atoms with Gasteiger partial charge in [-0.1, -0.05) is 6.07 Å². The summed E-state index contributed by atoms with van der Waals surface area (Å²) < 4.78 is 4.64. The van der Waals surface area contributed by atoms with Crippen LogP contribution in [0.2, 0.25) is 0 Å². The van der Waals surface area contributed by atoms with Crippen molar-refractivity contribution < 1.29 is 9.53 Å². The van der Waals surface area contributed by atoms with Crippen LogP contribution in [0.25, 0.3) is 0 Å². The predicted octanol–water partition coefficient (Wildman–Crippen LogP) is 2.74. The topological polar surface area (TPSA) is 52.3 Å². The molecule has 0 amide bonds. The minimum Gasteiger partial charge on any atom is -0.468 e. The third-order valence-electron chi connectivity index (χ3n) is 3.97. The average molecular weight is 263 g/mol. The van der Waals surface area contributed by atoms with Gasteiger partial charge in [0.25, 0.3) is 0 Å². The third kappa shape index (κ3) is 3.80. The zero-order valence-corrected chi connectivity index (χ0v) is 12.7. The normalized spacial score (nSPS) is 12.3. The Labute approximate surface area is 116 Å². The van der Waals surface area contributed by atoms with Crippen molar-refractivity contribution in [2.45, 2.75) is 53.0 Å². The SMILES string of the molecule is COC(=O)C(N)CCCc1c(C)c(C)cc(C)c1C. The van der Waals surface area contributed by atoms with Gasteiger partial charge >= 0.3 is 5.97 Å². The van der Waals surface area contributed by atoms with Crippen LogP contribution in [0.4, 0.5) is 0 Å². The monoisotopic (exact) mass is 263 g/mol. The summed E-state index contributed by atoms with van der Waals surface area (Å²) in [4.78, 5) is 11.2. The van der Waals surface area contributed by atoms with Gasteiger partial charge in [-0.25, -0.2) is 0 Å². The molecule has 0 radical (unpaired) electrons. The van der Waals surface area contributed by atoms with Gasteiger partial charge in [0.15, 0.2) is 0 Å². The molecule has 0 saturated heterocycles. The number of aryl methyl sites for hydroxylation is 2. The van der Waals surface area contributed by atoms with Crippen LogP contribution < -0.4 is 5.73 Å². The lowest BCUT2D eigenvalue weighted by molar-refractivity contribution is -0.142. The highest BCUT2D eigenvalue weighted by Gasteiger charge is 2.14. The Balaban J connectivity index is 2.71. The minimum absolute atomic E-state index is 0.325. The van der Waals surface area contributed by atoms with Crippen molar-refractivity contribution in [1.82, 2.24) is 0 Å². The number of ether oxygens (including phenoxy) is 1. The molecular formula is C16H25NO2. The molecule has 106 valence electrons. The van der Waals surface area contributed by atoms with E-state index in [9.17, 15) is 4.79 Å². The van der Waals surface area contributed by atoms with Gasteiger partial charge < -0.3 is 10.5 Å². The second kappa shape index (κ2) is 6.71. The molecule has 1 rings (SSSR count). The van der Waals surface area contributed by atoms with Crippen LogP contribution in [0.1, 0.15) is 40.7 Å². The zero-order chi connectivity index (χ0) is 14.6. The number of methoxy groups -OCH3 is 1. The van der Waals surface area contributed by atoms with E-state index in [-0.39, 0.29) is 5.97 Å². The summed E-state index contributed by atoms with van der Waals surface area (Å²) in [7, 11) is 1.38. The smallest absolute Gasteiger partial charge is 0.322 e. The molecule has 1 aromatic carbocycles. The van der Waals surface area contributed by atoms with E-state index in [1.165, 1.54) is 34.9 Å². The maximum absolute atomic E-state index is 11.2. The number of esters is 1. The van der Waals surface area contributed by atoms with E-state index in [0.29, 0.717) is 6.42 Å². The molecule has 0 saturated carbocycles. The maximum Gasteiger partial charge on any atom is 0.322 e. The molecule has 1 atom stereocenters. The van der Waals surface area contributed by atoms with Crippen molar-refractivity contribution in [3.05, 3.63) is 33.9 Å². The molecule has 1 unspecified atom stereocenters. The summed E-state index contributed by atoms with van der Waals surface area (Å²) in [5.74, 6) is -0.325. The van der Waals surface area contributed by atoms with Crippen LogP contribution >= 0.6 is 0 Å². The first-order valence-electron chi connectivity index (χ1n) is 6.78. The van der Waals surface area contributed by atoms with Crippen molar-refractivity contribution in [3.8, 4) is 0 Å². The van der Waals surface area contributed by atoms with Crippen LogP contribution in [-0.2, 0) is 16.0 Å². The molecule has 0 heterocycles. The fraction of sp³-hybridized carbons (Fsp3) is 0.562. The maximum atomic E-state index is 11.2. The number of carbonyl (C=O) groups is 1.